The van der Waals surface area contributed by atoms with Crippen LogP contribution >= 0.6 is 11.8 Å². The molecule has 1 heterocycles. The molecular weight excluding hydrogens is 923 g/mol. The number of hydrogen-bond acceptors (Lipinski definition) is 1. The lowest BCUT2D eigenvalue weighted by Crippen LogP contribution is -2.20. The first-order valence-corrected chi connectivity index (χ1v) is 29.7. The van der Waals surface area contributed by atoms with Crippen LogP contribution in [-0.4, -0.2) is 4.57 Å². The highest BCUT2D eigenvalue weighted by Crippen LogP contribution is 2.52. The summed E-state index contributed by atoms with van der Waals surface area (Å²) in [6, 6.07) is 39.3. The van der Waals surface area contributed by atoms with E-state index in [1.54, 1.807) is 11.1 Å². The minimum Gasteiger partial charge on any atom is -0.310 e. The Morgan fingerprint density at radius 1 is 0.640 bits per heavy atom. The molecule has 0 bridgehead atoms. The predicted molar refractivity (Wildman–Crippen MR) is 334 cm³/mol. The Morgan fingerprint density at radius 2 is 1.36 bits per heavy atom. The van der Waals surface area contributed by atoms with Gasteiger partial charge in [-0.15, -0.1) is 0 Å². The number of aryl methyl sites for hydroxylation is 2. The van der Waals surface area contributed by atoms with Crippen LogP contribution in [0.3, 0.4) is 0 Å². The van der Waals surface area contributed by atoms with Crippen LogP contribution in [0.15, 0.2) is 154 Å². The third-order valence-corrected chi connectivity index (χ3v) is 17.4. The van der Waals surface area contributed by atoms with Crippen molar-refractivity contribution in [1.29, 1.82) is 0 Å². The molecule has 1 atom stereocenters. The van der Waals surface area contributed by atoms with Crippen molar-refractivity contribution in [2.75, 3.05) is 0 Å². The van der Waals surface area contributed by atoms with Gasteiger partial charge in [-0.1, -0.05) is 210 Å². The summed E-state index contributed by atoms with van der Waals surface area (Å²) in [5, 5.41) is 0. The van der Waals surface area contributed by atoms with Crippen molar-refractivity contribution >= 4 is 35.1 Å². The van der Waals surface area contributed by atoms with E-state index >= 15 is 0 Å². The van der Waals surface area contributed by atoms with E-state index in [9.17, 15) is 0 Å². The molecule has 0 spiro atoms. The fourth-order valence-corrected chi connectivity index (χ4v) is 13.4. The fourth-order valence-electron chi connectivity index (χ4n) is 12.3. The van der Waals surface area contributed by atoms with Gasteiger partial charge in [-0.2, -0.15) is 0 Å². The first-order chi connectivity index (χ1) is 36.3. The molecule has 0 aliphatic heterocycles. The molecule has 12 rings (SSSR count). The van der Waals surface area contributed by atoms with E-state index in [1.807, 2.05) is 67.2 Å². The summed E-state index contributed by atoms with van der Waals surface area (Å²) in [5.74, 6) is 0.612. The fraction of sp³-hybridized carbons (Fsp3) is 0.370. The lowest BCUT2D eigenvalue weighted by atomic mass is 9.75. The van der Waals surface area contributed by atoms with Gasteiger partial charge in [0.05, 0.1) is 5.69 Å². The Morgan fingerprint density at radius 3 is 2.09 bits per heavy atom. The van der Waals surface area contributed by atoms with Gasteiger partial charge in [-0.3, -0.25) is 0 Å². The largest absolute Gasteiger partial charge is 0.310 e. The van der Waals surface area contributed by atoms with Crippen LogP contribution in [0.2, 0.25) is 0 Å². The van der Waals surface area contributed by atoms with Crippen molar-refractivity contribution in [3.05, 3.63) is 222 Å². The third kappa shape index (κ3) is 11.1. The van der Waals surface area contributed by atoms with Crippen LogP contribution < -0.4 is 0 Å². The molecule has 2 heteroatoms. The number of fused-ring (bicyclic) bond motifs is 8. The van der Waals surface area contributed by atoms with E-state index in [1.165, 1.54) is 135 Å². The number of aromatic nitrogens is 1. The standard InChI is InChI=1S/C48H45NS.C17H20.4C2H6/c1-28-13-14-29(2)47(21-28)50-35-18-20-39-38-19-17-34(26-43(38)48(4,5)44(39)27-35)49-45-12-8-11-40(45)42-24-33(25-46(42)49)31-15-16-32-22-30(3)36-9-6-7-10-37(36)41(32)23-31;1-13-8-7-10-15(12-13)17(3,4)16-11-6-5-9-14(16)2;4*1-2/h6,8-9,12,15-21,23,25-27,30H,7,10-11,13-14,22,24H2,1-5H3;5-12H,1-4H3;4*1-2H3. The summed E-state index contributed by atoms with van der Waals surface area (Å²) >= 11 is 1.94. The molecule has 392 valence electrons. The second-order valence-corrected chi connectivity index (χ2v) is 22.6. The van der Waals surface area contributed by atoms with E-state index in [2.05, 4.69) is 206 Å². The molecule has 0 fully saturated rings. The van der Waals surface area contributed by atoms with Gasteiger partial charge < -0.3 is 4.57 Å². The highest BCUT2D eigenvalue weighted by atomic mass is 32.2. The Labute approximate surface area is 459 Å². The van der Waals surface area contributed by atoms with Crippen LogP contribution in [0, 0.1) is 19.8 Å². The smallest absolute Gasteiger partial charge is 0.0503 e. The summed E-state index contributed by atoms with van der Waals surface area (Å²) < 4.78 is 2.57. The number of thioether (sulfide) groups is 1. The Hall–Kier alpha value is -5.83. The van der Waals surface area contributed by atoms with Gasteiger partial charge in [0, 0.05) is 38.4 Å². The normalized spacial score (nSPS) is 16.7. The molecule has 0 N–H and O–H groups in total. The molecule has 5 aromatic carbocycles. The summed E-state index contributed by atoms with van der Waals surface area (Å²) in [7, 11) is 0. The third-order valence-electron chi connectivity index (χ3n) is 16.2. The zero-order valence-electron chi connectivity index (χ0n) is 49.2. The van der Waals surface area contributed by atoms with E-state index < -0.39 is 0 Å². The lowest BCUT2D eigenvalue weighted by Gasteiger charge is -2.29. The van der Waals surface area contributed by atoms with Crippen molar-refractivity contribution in [3.63, 3.8) is 0 Å². The topological polar surface area (TPSA) is 4.93 Å². The highest BCUT2D eigenvalue weighted by Gasteiger charge is 2.37. The molecule has 6 aliphatic carbocycles. The van der Waals surface area contributed by atoms with E-state index in [0.717, 1.165) is 25.7 Å². The van der Waals surface area contributed by atoms with Gasteiger partial charge in [-0.05, 0) is 204 Å². The van der Waals surface area contributed by atoms with Crippen LogP contribution in [0.4, 0.5) is 0 Å². The molecular formula is C73H89NS. The monoisotopic (exact) mass is 1010 g/mol. The van der Waals surface area contributed by atoms with Crippen LogP contribution in [0.5, 0.6) is 0 Å². The number of nitrogens with zero attached hydrogens (tertiary/aromatic N) is 1. The van der Waals surface area contributed by atoms with Gasteiger partial charge in [0.15, 0.2) is 0 Å². The summed E-state index contributed by atoms with van der Waals surface area (Å²) in [4.78, 5) is 2.77. The zero-order valence-corrected chi connectivity index (χ0v) is 50.0. The van der Waals surface area contributed by atoms with Crippen LogP contribution in [0.1, 0.15) is 202 Å². The van der Waals surface area contributed by atoms with Crippen LogP contribution in [-0.2, 0) is 30.1 Å². The first-order valence-electron chi connectivity index (χ1n) is 28.9. The maximum atomic E-state index is 2.57. The van der Waals surface area contributed by atoms with Crippen molar-refractivity contribution < 1.29 is 0 Å². The van der Waals surface area contributed by atoms with E-state index in [0.29, 0.717) is 5.92 Å². The molecule has 0 radical (unpaired) electrons. The molecule has 6 aliphatic rings. The predicted octanol–water partition coefficient (Wildman–Crippen LogP) is 21.6. The molecule has 6 aromatic rings. The van der Waals surface area contributed by atoms with Gasteiger partial charge in [0.2, 0.25) is 0 Å². The average Bonchev–Trinajstić information content (AvgIpc) is 4.23. The van der Waals surface area contributed by atoms with Crippen molar-refractivity contribution in [3.8, 4) is 16.8 Å². The van der Waals surface area contributed by atoms with Crippen LogP contribution in [0.25, 0.3) is 40.1 Å². The maximum Gasteiger partial charge on any atom is 0.0503 e. The second kappa shape index (κ2) is 24.4. The number of rotatable bonds is 6. The molecule has 1 aromatic heterocycles. The Balaban J connectivity index is 0.000000276. The van der Waals surface area contributed by atoms with E-state index in [-0.39, 0.29) is 10.8 Å². The number of benzene rings is 5. The molecule has 1 nitrogen and oxygen atoms in total. The SMILES string of the molecule is CC.CC.CC.CC.CC1=CC(Sc2ccc3c(c2)C(C)(C)c2cc(-n4c5c(c6c4C=C(c4ccc7c(c4)C4=C(C=CCC4)C(C)C7)C6)CC=C5)ccc2-3)=C(C)CC1.Cc1cccc(C(C)(C)c2ccccc2C)c1. The highest BCUT2D eigenvalue weighted by molar-refractivity contribution is 8.03. The minimum absolute atomic E-state index is 0.0668. The Bertz CT molecular complexity index is 3230. The van der Waals surface area contributed by atoms with E-state index in [4.69, 9.17) is 0 Å². The summed E-state index contributed by atoms with van der Waals surface area (Å²) in [5.41, 5.74) is 30.3. The summed E-state index contributed by atoms with van der Waals surface area (Å²) in [6.07, 6.45) is 22.3. The zero-order chi connectivity index (χ0) is 54.4. The second-order valence-electron chi connectivity index (χ2n) is 21.5. The Kier molecular flexibility index (Phi) is 18.5. The molecule has 1 unspecified atom stereocenters. The summed E-state index contributed by atoms with van der Waals surface area (Å²) in [6.45, 7) is 36.7. The van der Waals surface area contributed by atoms with Crippen molar-refractivity contribution in [2.24, 2.45) is 5.92 Å². The number of allylic oxidation sites excluding steroid dienone is 9. The van der Waals surface area contributed by atoms with Gasteiger partial charge in [0.25, 0.3) is 0 Å². The lowest BCUT2D eigenvalue weighted by molar-refractivity contribution is 0.635. The molecule has 0 saturated heterocycles. The van der Waals surface area contributed by atoms with Crippen molar-refractivity contribution in [2.45, 2.75) is 178 Å². The molecule has 0 saturated carbocycles. The van der Waals surface area contributed by atoms with Gasteiger partial charge in [0.1, 0.15) is 0 Å². The minimum atomic E-state index is -0.0716. The maximum absolute atomic E-state index is 2.57. The molecule has 0 amide bonds. The quantitative estimate of drug-likeness (QED) is 0.161. The molecule has 75 heavy (non-hydrogen) atoms. The average molecular weight is 1010 g/mol. The number of hydrogen-bond donors (Lipinski definition) is 0. The van der Waals surface area contributed by atoms with Crippen molar-refractivity contribution in [1.82, 2.24) is 4.57 Å². The van der Waals surface area contributed by atoms with Gasteiger partial charge in [-0.25, -0.2) is 0 Å². The van der Waals surface area contributed by atoms with Gasteiger partial charge >= 0.3 is 0 Å². The first kappa shape index (κ1) is 56.9.